The van der Waals surface area contributed by atoms with Crippen LogP contribution in [0.5, 0.6) is 0 Å². The summed E-state index contributed by atoms with van der Waals surface area (Å²) in [6.07, 6.45) is 7.76. The zero-order valence-electron chi connectivity index (χ0n) is 11.8. The first-order chi connectivity index (χ1) is 9.79. The smallest absolute Gasteiger partial charge is 0.138 e. The van der Waals surface area contributed by atoms with E-state index in [-0.39, 0.29) is 12.4 Å². The highest BCUT2D eigenvalue weighted by molar-refractivity contribution is 5.38. The van der Waals surface area contributed by atoms with Crippen LogP contribution >= 0.6 is 0 Å². The van der Waals surface area contributed by atoms with Crippen LogP contribution < -0.4 is 5.73 Å². The van der Waals surface area contributed by atoms with Crippen molar-refractivity contribution in [2.45, 2.75) is 51.2 Å². The van der Waals surface area contributed by atoms with Crippen molar-refractivity contribution in [2.75, 3.05) is 6.54 Å². The number of hydrogen-bond donors (Lipinski definition) is 1. The average molecular weight is 275 g/mol. The molecule has 1 saturated carbocycles. The predicted octanol–water partition coefficient (Wildman–Crippen LogP) is 3.38. The van der Waals surface area contributed by atoms with E-state index in [1.807, 2.05) is 0 Å². The van der Waals surface area contributed by atoms with E-state index in [9.17, 15) is 4.39 Å². The van der Waals surface area contributed by atoms with Gasteiger partial charge in [0.05, 0.1) is 24.8 Å². The summed E-state index contributed by atoms with van der Waals surface area (Å²) < 4.78 is 19.5. The number of hydrogen-bond acceptors (Lipinski definition) is 2. The molecule has 0 spiro atoms. The van der Waals surface area contributed by atoms with Gasteiger partial charge in [-0.15, -0.1) is 0 Å². The van der Waals surface area contributed by atoms with Gasteiger partial charge in [-0.25, -0.2) is 4.39 Å². The minimum Gasteiger partial charge on any atom is -0.374 e. The summed E-state index contributed by atoms with van der Waals surface area (Å²) in [6.45, 7) is 0.768. The van der Waals surface area contributed by atoms with Gasteiger partial charge in [0.25, 0.3) is 0 Å². The quantitative estimate of drug-likeness (QED) is 0.678. The zero-order chi connectivity index (χ0) is 14.2. The minimum atomic E-state index is -0.302. The second-order valence-electron chi connectivity index (χ2n) is 5.24. The fraction of sp³-hybridized carbons (Fsp3) is 0.529. The molecule has 0 atom stereocenters. The standard InChI is InChI=1S/C17H22FNO/c18-17-10-9-14(12-15(17)6-5-11-19)13-20-16-7-3-1-2-4-8-16/h9-10,12,16H,1-4,7-8,11,13,19H2. The molecule has 1 aromatic rings. The fourth-order valence-corrected chi connectivity index (χ4v) is 2.53. The van der Waals surface area contributed by atoms with Crippen LogP contribution in [0.2, 0.25) is 0 Å². The molecular formula is C17H22FNO. The summed E-state index contributed by atoms with van der Waals surface area (Å²) in [4.78, 5) is 0. The maximum Gasteiger partial charge on any atom is 0.138 e. The lowest BCUT2D eigenvalue weighted by Crippen LogP contribution is -2.11. The largest absolute Gasteiger partial charge is 0.374 e. The Hall–Kier alpha value is -1.37. The first-order valence-electron chi connectivity index (χ1n) is 7.38. The number of halogens is 1. The molecule has 0 aromatic heterocycles. The molecule has 1 aliphatic carbocycles. The Bertz CT molecular complexity index is 481. The third kappa shape index (κ3) is 4.63. The van der Waals surface area contributed by atoms with Gasteiger partial charge < -0.3 is 10.5 Å². The molecule has 1 aromatic carbocycles. The normalized spacial score (nSPS) is 16.3. The summed E-state index contributed by atoms with van der Waals surface area (Å²) in [6, 6.07) is 4.97. The lowest BCUT2D eigenvalue weighted by Gasteiger charge is -2.15. The van der Waals surface area contributed by atoms with E-state index >= 15 is 0 Å². The molecule has 20 heavy (non-hydrogen) atoms. The van der Waals surface area contributed by atoms with Crippen LogP contribution in [0.15, 0.2) is 18.2 Å². The Labute approximate surface area is 120 Å². The third-order valence-corrected chi connectivity index (χ3v) is 3.64. The predicted molar refractivity (Wildman–Crippen MR) is 78.6 cm³/mol. The van der Waals surface area contributed by atoms with Crippen LogP contribution in [0.1, 0.15) is 49.7 Å². The monoisotopic (exact) mass is 275 g/mol. The van der Waals surface area contributed by atoms with E-state index in [2.05, 4.69) is 11.8 Å². The molecule has 0 unspecified atom stereocenters. The lowest BCUT2D eigenvalue weighted by atomic mass is 10.1. The third-order valence-electron chi connectivity index (χ3n) is 3.64. The van der Waals surface area contributed by atoms with E-state index in [1.165, 1.54) is 31.7 Å². The van der Waals surface area contributed by atoms with Crippen LogP contribution in [0.25, 0.3) is 0 Å². The van der Waals surface area contributed by atoms with Gasteiger partial charge in [-0.3, -0.25) is 0 Å². The fourth-order valence-electron chi connectivity index (χ4n) is 2.53. The summed E-state index contributed by atoms with van der Waals surface area (Å²) in [7, 11) is 0. The second kappa shape index (κ2) is 8.04. The molecule has 2 nitrogen and oxygen atoms in total. The minimum absolute atomic E-state index is 0.238. The zero-order valence-corrected chi connectivity index (χ0v) is 11.8. The van der Waals surface area contributed by atoms with Crippen molar-refractivity contribution in [3.8, 4) is 11.8 Å². The highest BCUT2D eigenvalue weighted by atomic mass is 19.1. The van der Waals surface area contributed by atoms with Crippen LogP contribution in [-0.2, 0) is 11.3 Å². The molecule has 1 aliphatic rings. The Morgan fingerprint density at radius 1 is 1.20 bits per heavy atom. The van der Waals surface area contributed by atoms with E-state index < -0.39 is 0 Å². The van der Waals surface area contributed by atoms with E-state index in [4.69, 9.17) is 10.5 Å². The first kappa shape index (κ1) is 15.0. The van der Waals surface area contributed by atoms with Crippen molar-refractivity contribution in [2.24, 2.45) is 5.73 Å². The van der Waals surface area contributed by atoms with Gasteiger partial charge in [0.2, 0.25) is 0 Å². The molecule has 1 fully saturated rings. The number of nitrogens with two attached hydrogens (primary N) is 1. The lowest BCUT2D eigenvalue weighted by molar-refractivity contribution is 0.0309. The summed E-state index contributed by atoms with van der Waals surface area (Å²) in [5, 5.41) is 0. The summed E-state index contributed by atoms with van der Waals surface area (Å²) in [5.74, 6) is 5.14. The topological polar surface area (TPSA) is 35.2 Å². The maximum absolute atomic E-state index is 13.6. The summed E-state index contributed by atoms with van der Waals surface area (Å²) in [5.41, 5.74) is 6.68. The Kier molecular flexibility index (Phi) is 6.04. The number of rotatable bonds is 3. The molecule has 0 aliphatic heterocycles. The molecule has 108 valence electrons. The molecule has 0 heterocycles. The highest BCUT2D eigenvalue weighted by Gasteiger charge is 2.12. The average Bonchev–Trinajstić information content (AvgIpc) is 2.73. The van der Waals surface area contributed by atoms with E-state index in [0.717, 1.165) is 18.4 Å². The van der Waals surface area contributed by atoms with Crippen LogP contribution in [0.3, 0.4) is 0 Å². The Morgan fingerprint density at radius 2 is 1.95 bits per heavy atom. The van der Waals surface area contributed by atoms with Crippen LogP contribution in [-0.4, -0.2) is 12.6 Å². The van der Waals surface area contributed by atoms with Crippen molar-refractivity contribution in [1.29, 1.82) is 0 Å². The van der Waals surface area contributed by atoms with Crippen LogP contribution in [0.4, 0.5) is 4.39 Å². The van der Waals surface area contributed by atoms with Crippen molar-refractivity contribution < 1.29 is 9.13 Å². The molecule has 2 rings (SSSR count). The first-order valence-corrected chi connectivity index (χ1v) is 7.38. The number of ether oxygens (including phenoxy) is 1. The maximum atomic E-state index is 13.6. The van der Waals surface area contributed by atoms with Gasteiger partial charge in [-0.05, 0) is 30.5 Å². The van der Waals surface area contributed by atoms with Gasteiger partial charge >= 0.3 is 0 Å². The van der Waals surface area contributed by atoms with Gasteiger partial charge in [0.15, 0.2) is 0 Å². The van der Waals surface area contributed by atoms with E-state index in [1.54, 1.807) is 12.1 Å². The molecule has 0 bridgehead atoms. The number of benzene rings is 1. The van der Waals surface area contributed by atoms with Gasteiger partial charge in [0, 0.05) is 0 Å². The Balaban J connectivity index is 1.95. The van der Waals surface area contributed by atoms with Gasteiger partial charge in [-0.2, -0.15) is 0 Å². The highest BCUT2D eigenvalue weighted by Crippen LogP contribution is 2.21. The van der Waals surface area contributed by atoms with Crippen molar-refractivity contribution >= 4 is 0 Å². The molecule has 2 N–H and O–H groups in total. The SMILES string of the molecule is NCC#Cc1cc(COC2CCCCCC2)ccc1F. The Morgan fingerprint density at radius 3 is 2.65 bits per heavy atom. The van der Waals surface area contributed by atoms with E-state index in [0.29, 0.717) is 18.3 Å². The van der Waals surface area contributed by atoms with Crippen LogP contribution in [0, 0.1) is 17.7 Å². The molecule has 3 heteroatoms. The van der Waals surface area contributed by atoms with Gasteiger partial charge in [-0.1, -0.05) is 43.6 Å². The van der Waals surface area contributed by atoms with Gasteiger partial charge in [0.1, 0.15) is 5.82 Å². The van der Waals surface area contributed by atoms with Crippen molar-refractivity contribution in [1.82, 2.24) is 0 Å². The molecule has 0 saturated heterocycles. The molecule has 0 amide bonds. The molecule has 0 radical (unpaired) electrons. The van der Waals surface area contributed by atoms with Crippen molar-refractivity contribution in [3.05, 3.63) is 35.1 Å². The second-order valence-corrected chi connectivity index (χ2v) is 5.24. The summed E-state index contributed by atoms with van der Waals surface area (Å²) >= 11 is 0. The molecular weight excluding hydrogens is 253 g/mol. The van der Waals surface area contributed by atoms with Crippen molar-refractivity contribution in [3.63, 3.8) is 0 Å².